The molecule has 0 spiro atoms. The Hall–Kier alpha value is -2.02. The second kappa shape index (κ2) is 5.75. The van der Waals surface area contributed by atoms with E-state index in [2.05, 4.69) is 20.3 Å². The predicted octanol–water partition coefficient (Wildman–Crippen LogP) is 0.934. The van der Waals surface area contributed by atoms with Gasteiger partial charge in [-0.15, -0.1) is 10.2 Å². The lowest BCUT2D eigenvalue weighted by Crippen LogP contribution is -2.13. The molecule has 1 N–H and O–H groups in total. The van der Waals surface area contributed by atoms with Crippen molar-refractivity contribution in [3.8, 4) is 5.88 Å². The lowest BCUT2D eigenvalue weighted by atomic mass is 10.1. The number of rotatable bonds is 5. The number of aliphatic hydroxyl groups excluding tert-OH is 1. The van der Waals surface area contributed by atoms with Gasteiger partial charge in [0, 0.05) is 18.5 Å². The van der Waals surface area contributed by atoms with E-state index < -0.39 is 6.10 Å². The third-order valence-corrected chi connectivity index (χ3v) is 2.72. The van der Waals surface area contributed by atoms with E-state index in [-0.39, 0.29) is 6.04 Å². The molecule has 102 valence electrons. The molecular formula is C12H17N5O2. The van der Waals surface area contributed by atoms with Crippen molar-refractivity contribution in [2.24, 2.45) is 0 Å². The quantitative estimate of drug-likeness (QED) is 0.863. The van der Waals surface area contributed by atoms with Crippen LogP contribution in [0.5, 0.6) is 5.88 Å². The largest absolute Gasteiger partial charge is 0.480 e. The minimum atomic E-state index is -0.764. The van der Waals surface area contributed by atoms with E-state index in [1.807, 2.05) is 13.8 Å². The van der Waals surface area contributed by atoms with Gasteiger partial charge in [0.25, 0.3) is 0 Å². The van der Waals surface area contributed by atoms with Crippen molar-refractivity contribution in [3.05, 3.63) is 30.0 Å². The first-order chi connectivity index (χ1) is 9.11. The minimum absolute atomic E-state index is 0.201. The molecule has 1 atom stereocenters. The molecule has 0 saturated heterocycles. The van der Waals surface area contributed by atoms with E-state index in [9.17, 15) is 5.11 Å². The third-order valence-electron chi connectivity index (χ3n) is 2.72. The zero-order chi connectivity index (χ0) is 13.8. The van der Waals surface area contributed by atoms with Gasteiger partial charge in [-0.25, -0.2) is 9.67 Å². The van der Waals surface area contributed by atoms with Crippen molar-refractivity contribution in [3.63, 3.8) is 0 Å². The fourth-order valence-corrected chi connectivity index (χ4v) is 1.75. The van der Waals surface area contributed by atoms with E-state index >= 15 is 0 Å². The first kappa shape index (κ1) is 13.4. The number of aliphatic hydroxyl groups is 1. The van der Waals surface area contributed by atoms with Gasteiger partial charge in [-0.1, -0.05) is 0 Å². The zero-order valence-electron chi connectivity index (χ0n) is 11.2. The van der Waals surface area contributed by atoms with Gasteiger partial charge in [0.15, 0.2) is 0 Å². The van der Waals surface area contributed by atoms with Crippen LogP contribution in [-0.2, 0) is 6.42 Å². The molecule has 0 aliphatic rings. The molecule has 0 saturated carbocycles. The first-order valence-corrected chi connectivity index (χ1v) is 6.06. The Labute approximate surface area is 111 Å². The molecule has 0 bridgehead atoms. The van der Waals surface area contributed by atoms with Crippen molar-refractivity contribution in [1.82, 2.24) is 25.0 Å². The molecule has 2 aromatic heterocycles. The second-order valence-electron chi connectivity index (χ2n) is 4.44. The minimum Gasteiger partial charge on any atom is -0.480 e. The Morgan fingerprint density at radius 2 is 2.11 bits per heavy atom. The third kappa shape index (κ3) is 3.05. The van der Waals surface area contributed by atoms with Gasteiger partial charge >= 0.3 is 0 Å². The molecule has 0 radical (unpaired) electrons. The van der Waals surface area contributed by atoms with Crippen LogP contribution in [-0.4, -0.2) is 37.2 Å². The van der Waals surface area contributed by atoms with Crippen molar-refractivity contribution in [2.45, 2.75) is 32.4 Å². The topological polar surface area (TPSA) is 86.0 Å². The molecule has 2 rings (SSSR count). The maximum absolute atomic E-state index is 10.1. The summed E-state index contributed by atoms with van der Waals surface area (Å²) in [7, 11) is 1.52. The number of nitrogens with zero attached hydrogens (tertiary/aromatic N) is 5. The van der Waals surface area contributed by atoms with Crippen molar-refractivity contribution >= 4 is 0 Å². The van der Waals surface area contributed by atoms with Crippen LogP contribution in [0.15, 0.2) is 18.5 Å². The number of ether oxygens (including phenoxy) is 1. The smallest absolute Gasteiger partial charge is 0.233 e. The van der Waals surface area contributed by atoms with E-state index in [0.717, 1.165) is 5.82 Å². The van der Waals surface area contributed by atoms with Crippen molar-refractivity contribution in [2.75, 3.05) is 7.11 Å². The highest BCUT2D eigenvalue weighted by molar-refractivity contribution is 5.13. The molecule has 0 fully saturated rings. The zero-order valence-corrected chi connectivity index (χ0v) is 11.2. The molecule has 7 nitrogen and oxygen atoms in total. The van der Waals surface area contributed by atoms with Gasteiger partial charge in [0.1, 0.15) is 18.3 Å². The van der Waals surface area contributed by atoms with Crippen LogP contribution in [0.1, 0.15) is 37.5 Å². The van der Waals surface area contributed by atoms with Gasteiger partial charge in [0.05, 0.1) is 12.8 Å². The Morgan fingerprint density at radius 1 is 1.32 bits per heavy atom. The van der Waals surface area contributed by atoms with E-state index in [1.54, 1.807) is 16.8 Å². The van der Waals surface area contributed by atoms with Crippen molar-refractivity contribution < 1.29 is 9.84 Å². The molecule has 7 heteroatoms. The highest BCUT2D eigenvalue weighted by Crippen LogP contribution is 2.17. The van der Waals surface area contributed by atoms with Crippen LogP contribution in [0.4, 0.5) is 0 Å². The first-order valence-electron chi connectivity index (χ1n) is 6.06. The highest BCUT2D eigenvalue weighted by Gasteiger charge is 2.16. The Morgan fingerprint density at radius 3 is 2.68 bits per heavy atom. The maximum atomic E-state index is 10.1. The summed E-state index contributed by atoms with van der Waals surface area (Å²) in [5.41, 5.74) is 0.485. The predicted molar refractivity (Wildman–Crippen MR) is 67.7 cm³/mol. The average molecular weight is 263 g/mol. The normalized spacial score (nSPS) is 12.7. The molecule has 0 aliphatic heterocycles. The molecule has 19 heavy (non-hydrogen) atoms. The molecule has 0 amide bonds. The summed E-state index contributed by atoms with van der Waals surface area (Å²) in [5.74, 6) is 1.14. The molecule has 2 aromatic rings. The van der Waals surface area contributed by atoms with Gasteiger partial charge in [-0.2, -0.15) is 5.10 Å². The molecule has 0 aromatic carbocycles. The van der Waals surface area contributed by atoms with Gasteiger partial charge < -0.3 is 9.84 Å². The van der Waals surface area contributed by atoms with Gasteiger partial charge in [-0.3, -0.25) is 0 Å². The number of hydrogen-bond donors (Lipinski definition) is 1. The molecule has 0 aliphatic carbocycles. The second-order valence-corrected chi connectivity index (χ2v) is 4.44. The summed E-state index contributed by atoms with van der Waals surface area (Å²) in [5, 5.41) is 22.0. The molecule has 1 unspecified atom stereocenters. The Kier molecular flexibility index (Phi) is 4.06. The van der Waals surface area contributed by atoms with Crippen molar-refractivity contribution in [1.29, 1.82) is 0 Å². The van der Waals surface area contributed by atoms with Crippen LogP contribution < -0.4 is 4.74 Å². The molecular weight excluding hydrogens is 246 g/mol. The Bertz CT molecular complexity index is 523. The van der Waals surface area contributed by atoms with Gasteiger partial charge in [-0.05, 0) is 19.9 Å². The summed E-state index contributed by atoms with van der Waals surface area (Å²) >= 11 is 0. The average Bonchev–Trinajstić information content (AvgIpc) is 2.87. The number of hydrogen-bond acceptors (Lipinski definition) is 6. The lowest BCUT2D eigenvalue weighted by Gasteiger charge is -2.12. The van der Waals surface area contributed by atoms with E-state index in [1.165, 1.54) is 13.4 Å². The summed E-state index contributed by atoms with van der Waals surface area (Å²) in [6.07, 6.45) is 1.07. The Balaban J connectivity index is 2.11. The van der Waals surface area contributed by atoms with E-state index in [0.29, 0.717) is 18.0 Å². The summed E-state index contributed by atoms with van der Waals surface area (Å²) in [6, 6.07) is 3.55. The summed E-state index contributed by atoms with van der Waals surface area (Å²) < 4.78 is 6.70. The van der Waals surface area contributed by atoms with Crippen LogP contribution >= 0.6 is 0 Å². The maximum Gasteiger partial charge on any atom is 0.233 e. The molecule has 2 heterocycles. The number of methoxy groups -OCH3 is 1. The highest BCUT2D eigenvalue weighted by atomic mass is 16.5. The van der Waals surface area contributed by atoms with Crippen LogP contribution in [0.3, 0.4) is 0 Å². The fourth-order valence-electron chi connectivity index (χ4n) is 1.75. The number of aromatic nitrogens is 5. The summed E-state index contributed by atoms with van der Waals surface area (Å²) in [4.78, 5) is 4.16. The SMILES string of the molecule is COc1ccc(C(O)Cc2ncnn2C(C)C)nn1. The lowest BCUT2D eigenvalue weighted by molar-refractivity contribution is 0.167. The van der Waals surface area contributed by atoms with Crippen LogP contribution in [0.25, 0.3) is 0 Å². The fraction of sp³-hybridized carbons (Fsp3) is 0.500. The van der Waals surface area contributed by atoms with Gasteiger partial charge in [0.2, 0.25) is 5.88 Å². The van der Waals surface area contributed by atoms with Crippen LogP contribution in [0.2, 0.25) is 0 Å². The van der Waals surface area contributed by atoms with Crippen LogP contribution in [0, 0.1) is 0 Å². The standard InChI is InChI=1S/C12H17N5O2/c1-8(2)17-11(13-7-14-17)6-10(18)9-4-5-12(19-3)16-15-9/h4-5,7-8,10,18H,6H2,1-3H3. The monoisotopic (exact) mass is 263 g/mol. The van der Waals surface area contributed by atoms with E-state index in [4.69, 9.17) is 4.74 Å². The summed E-state index contributed by atoms with van der Waals surface area (Å²) in [6.45, 7) is 4.02.